The molecule has 1 atom stereocenters. The van der Waals surface area contributed by atoms with Crippen LogP contribution in [0.2, 0.25) is 0 Å². The molecule has 3 amide bonds. The topological polar surface area (TPSA) is 118 Å². The number of nitrogens with one attached hydrogen (secondary N) is 3. The summed E-state index contributed by atoms with van der Waals surface area (Å²) in [5, 5.41) is 16.0. The first-order valence-corrected chi connectivity index (χ1v) is 10.3. The van der Waals surface area contributed by atoms with Crippen molar-refractivity contribution >= 4 is 40.4 Å². The second kappa shape index (κ2) is 10.3. The van der Waals surface area contributed by atoms with Crippen molar-refractivity contribution in [2.45, 2.75) is 25.8 Å². The highest BCUT2D eigenvalue weighted by molar-refractivity contribution is 7.08. The fourth-order valence-electron chi connectivity index (χ4n) is 2.59. The molecular weight excluding hydrogens is 404 g/mol. The first-order chi connectivity index (χ1) is 14.5. The number of benzene rings is 1. The zero-order valence-corrected chi connectivity index (χ0v) is 17.2. The van der Waals surface area contributed by atoms with E-state index in [4.69, 9.17) is 0 Å². The van der Waals surface area contributed by atoms with Crippen LogP contribution < -0.4 is 16.0 Å². The van der Waals surface area contributed by atoms with Gasteiger partial charge >= 0.3 is 0 Å². The van der Waals surface area contributed by atoms with E-state index in [1.165, 1.54) is 28.7 Å². The van der Waals surface area contributed by atoms with Crippen molar-refractivity contribution in [3.05, 3.63) is 59.3 Å². The highest BCUT2D eigenvalue weighted by Crippen LogP contribution is 2.16. The Labute approximate surface area is 177 Å². The molecule has 156 valence electrons. The summed E-state index contributed by atoms with van der Waals surface area (Å²) < 4.78 is 1.47. The second-order valence-electron chi connectivity index (χ2n) is 6.54. The number of rotatable bonds is 9. The van der Waals surface area contributed by atoms with E-state index < -0.39 is 6.04 Å². The summed E-state index contributed by atoms with van der Waals surface area (Å²) in [4.78, 5) is 40.0. The van der Waals surface area contributed by atoms with Crippen LogP contribution in [0.4, 0.5) is 11.4 Å². The van der Waals surface area contributed by atoms with Crippen molar-refractivity contribution in [2.24, 2.45) is 0 Å². The van der Waals surface area contributed by atoms with Crippen molar-refractivity contribution in [3.63, 3.8) is 0 Å². The molecule has 0 aliphatic carbocycles. The van der Waals surface area contributed by atoms with E-state index in [0.29, 0.717) is 29.9 Å². The smallest absolute Gasteiger partial charge is 0.252 e. The molecule has 10 heteroatoms. The highest BCUT2D eigenvalue weighted by atomic mass is 32.1. The molecule has 0 saturated carbocycles. The number of hydrogen-bond donors (Lipinski definition) is 3. The number of carbonyl (C=O) groups is 3. The average Bonchev–Trinajstić information content (AvgIpc) is 3.46. The Morgan fingerprint density at radius 1 is 1.10 bits per heavy atom. The summed E-state index contributed by atoms with van der Waals surface area (Å²) in [6, 6.07) is 8.12. The maximum absolute atomic E-state index is 12.2. The zero-order chi connectivity index (χ0) is 21.3. The van der Waals surface area contributed by atoms with Gasteiger partial charge in [-0.3, -0.25) is 14.4 Å². The Kier molecular flexibility index (Phi) is 7.28. The predicted molar refractivity (Wildman–Crippen MR) is 114 cm³/mol. The maximum Gasteiger partial charge on any atom is 0.252 e. The Balaban J connectivity index is 1.38. The van der Waals surface area contributed by atoms with E-state index in [2.05, 4.69) is 26.0 Å². The lowest BCUT2D eigenvalue weighted by molar-refractivity contribution is -0.119. The molecule has 30 heavy (non-hydrogen) atoms. The van der Waals surface area contributed by atoms with Crippen molar-refractivity contribution < 1.29 is 14.4 Å². The number of aromatic nitrogens is 3. The van der Waals surface area contributed by atoms with E-state index in [1.807, 2.05) is 5.38 Å². The third-order valence-electron chi connectivity index (χ3n) is 4.30. The SMILES string of the molecule is CC(C(=O)Nc1ccc(NC(=O)CCCNC(=O)c2ccsc2)cc1)n1cncn1. The normalized spacial score (nSPS) is 11.5. The van der Waals surface area contributed by atoms with Crippen molar-refractivity contribution in [1.82, 2.24) is 20.1 Å². The van der Waals surface area contributed by atoms with Gasteiger partial charge in [-0.2, -0.15) is 16.4 Å². The number of carbonyl (C=O) groups excluding carboxylic acids is 3. The minimum Gasteiger partial charge on any atom is -0.352 e. The van der Waals surface area contributed by atoms with Crippen LogP contribution in [0.25, 0.3) is 0 Å². The minimum atomic E-state index is -0.493. The molecule has 1 aromatic carbocycles. The van der Waals surface area contributed by atoms with Gasteiger partial charge in [0.2, 0.25) is 11.8 Å². The van der Waals surface area contributed by atoms with Gasteiger partial charge in [0.25, 0.3) is 5.91 Å². The molecule has 2 heterocycles. The summed E-state index contributed by atoms with van der Waals surface area (Å²) in [5.74, 6) is -0.495. The van der Waals surface area contributed by atoms with Crippen LogP contribution in [-0.2, 0) is 9.59 Å². The molecule has 2 aromatic heterocycles. The van der Waals surface area contributed by atoms with E-state index in [9.17, 15) is 14.4 Å². The highest BCUT2D eigenvalue weighted by Gasteiger charge is 2.15. The number of nitrogens with zero attached hydrogens (tertiary/aromatic N) is 3. The molecule has 3 aromatic rings. The van der Waals surface area contributed by atoms with Crippen molar-refractivity contribution in [2.75, 3.05) is 17.2 Å². The molecule has 3 rings (SSSR count). The lowest BCUT2D eigenvalue weighted by Crippen LogP contribution is -2.25. The van der Waals surface area contributed by atoms with Gasteiger partial charge in [0.05, 0.1) is 0 Å². The van der Waals surface area contributed by atoms with E-state index in [1.54, 1.807) is 42.6 Å². The summed E-state index contributed by atoms with van der Waals surface area (Å²) in [6.45, 7) is 2.15. The molecule has 0 aliphatic rings. The van der Waals surface area contributed by atoms with E-state index in [-0.39, 0.29) is 24.1 Å². The van der Waals surface area contributed by atoms with Crippen LogP contribution in [0.1, 0.15) is 36.2 Å². The molecule has 0 bridgehead atoms. The second-order valence-corrected chi connectivity index (χ2v) is 7.32. The molecule has 0 saturated heterocycles. The van der Waals surface area contributed by atoms with Crippen molar-refractivity contribution in [3.8, 4) is 0 Å². The van der Waals surface area contributed by atoms with Crippen LogP contribution in [0.15, 0.2) is 53.7 Å². The predicted octanol–water partition coefficient (Wildman–Crippen LogP) is 2.69. The van der Waals surface area contributed by atoms with Crippen LogP contribution >= 0.6 is 11.3 Å². The monoisotopic (exact) mass is 426 g/mol. The number of amides is 3. The van der Waals surface area contributed by atoms with Gasteiger partial charge in [0.1, 0.15) is 18.7 Å². The summed E-state index contributed by atoms with van der Waals surface area (Å²) in [7, 11) is 0. The number of thiophene rings is 1. The van der Waals surface area contributed by atoms with Crippen LogP contribution in [0.5, 0.6) is 0 Å². The third kappa shape index (κ3) is 5.98. The van der Waals surface area contributed by atoms with E-state index >= 15 is 0 Å². The summed E-state index contributed by atoms with van der Waals surface area (Å²) in [5.41, 5.74) is 1.87. The van der Waals surface area contributed by atoms with Gasteiger partial charge in [-0.15, -0.1) is 0 Å². The molecule has 9 nitrogen and oxygen atoms in total. The van der Waals surface area contributed by atoms with Crippen molar-refractivity contribution in [1.29, 1.82) is 0 Å². The quantitative estimate of drug-likeness (QED) is 0.455. The molecule has 0 aliphatic heterocycles. The molecule has 1 unspecified atom stereocenters. The first-order valence-electron chi connectivity index (χ1n) is 9.38. The maximum atomic E-state index is 12.2. The van der Waals surface area contributed by atoms with Gasteiger partial charge in [-0.05, 0) is 49.1 Å². The molecule has 0 fully saturated rings. The van der Waals surface area contributed by atoms with Crippen LogP contribution in [0, 0.1) is 0 Å². The Hall–Kier alpha value is -3.53. The molecular formula is C20H22N6O3S. The standard InChI is InChI=1S/C20H22N6O3S/c1-14(26-13-21-12-23-26)19(28)25-17-6-4-16(5-7-17)24-18(27)3-2-9-22-20(29)15-8-10-30-11-15/h4-8,10-14H,2-3,9H2,1H3,(H,22,29)(H,24,27)(H,25,28). The molecule has 0 spiro atoms. The first kappa shape index (κ1) is 21.2. The zero-order valence-electron chi connectivity index (χ0n) is 16.4. The summed E-state index contributed by atoms with van der Waals surface area (Å²) >= 11 is 1.46. The Bertz CT molecular complexity index is 971. The average molecular weight is 427 g/mol. The Morgan fingerprint density at radius 3 is 2.47 bits per heavy atom. The largest absolute Gasteiger partial charge is 0.352 e. The number of hydrogen-bond acceptors (Lipinski definition) is 6. The third-order valence-corrected chi connectivity index (χ3v) is 4.98. The molecule has 0 radical (unpaired) electrons. The fraction of sp³-hybridized carbons (Fsp3) is 0.250. The molecule has 3 N–H and O–H groups in total. The van der Waals surface area contributed by atoms with Gasteiger partial charge in [-0.25, -0.2) is 9.67 Å². The Morgan fingerprint density at radius 2 is 1.83 bits per heavy atom. The van der Waals surface area contributed by atoms with Gasteiger partial charge in [0.15, 0.2) is 0 Å². The van der Waals surface area contributed by atoms with Gasteiger partial charge in [0, 0.05) is 35.3 Å². The summed E-state index contributed by atoms with van der Waals surface area (Å²) in [6.07, 6.45) is 3.68. The van der Waals surface area contributed by atoms with Crippen LogP contribution in [-0.4, -0.2) is 39.0 Å². The van der Waals surface area contributed by atoms with Gasteiger partial charge < -0.3 is 16.0 Å². The fourth-order valence-corrected chi connectivity index (χ4v) is 3.23. The number of anilines is 2. The van der Waals surface area contributed by atoms with Gasteiger partial charge in [-0.1, -0.05) is 0 Å². The lowest BCUT2D eigenvalue weighted by atomic mass is 10.2. The van der Waals surface area contributed by atoms with Crippen LogP contribution in [0.3, 0.4) is 0 Å². The lowest BCUT2D eigenvalue weighted by Gasteiger charge is -2.12. The minimum absolute atomic E-state index is 0.132. The van der Waals surface area contributed by atoms with E-state index in [0.717, 1.165) is 0 Å².